The molecule has 0 radical (unpaired) electrons. The number of thiazole rings is 1. The van der Waals surface area contributed by atoms with Gasteiger partial charge in [-0.1, -0.05) is 0 Å². The van der Waals surface area contributed by atoms with Gasteiger partial charge in [-0.3, -0.25) is 0 Å². The molecule has 20 heavy (non-hydrogen) atoms. The van der Waals surface area contributed by atoms with Crippen molar-refractivity contribution in [3.05, 3.63) is 53.2 Å². The van der Waals surface area contributed by atoms with E-state index in [0.717, 1.165) is 33.5 Å². The fourth-order valence-corrected chi connectivity index (χ4v) is 3.56. The van der Waals surface area contributed by atoms with Crippen molar-refractivity contribution in [1.29, 1.82) is 0 Å². The minimum Gasteiger partial charge on any atom is -0.462 e. The van der Waals surface area contributed by atoms with Gasteiger partial charge >= 0.3 is 0 Å². The smallest absolute Gasteiger partial charge is 0.162 e. The molecule has 0 atom stereocenters. The quantitative estimate of drug-likeness (QED) is 0.566. The molecule has 0 spiro atoms. The van der Waals surface area contributed by atoms with Crippen LogP contribution in [0.1, 0.15) is 11.3 Å². The molecule has 0 aliphatic rings. The molecule has 0 fully saturated rings. The van der Waals surface area contributed by atoms with Gasteiger partial charge in [0.05, 0.1) is 12.0 Å². The normalized spacial score (nSPS) is 10.8. The fourth-order valence-electron chi connectivity index (χ4n) is 1.78. The van der Waals surface area contributed by atoms with E-state index >= 15 is 0 Å². The van der Waals surface area contributed by atoms with Gasteiger partial charge in [0.1, 0.15) is 0 Å². The van der Waals surface area contributed by atoms with Crippen LogP contribution in [0.25, 0.3) is 10.8 Å². The summed E-state index contributed by atoms with van der Waals surface area (Å²) in [4.78, 5) is 5.80. The zero-order chi connectivity index (χ0) is 13.9. The van der Waals surface area contributed by atoms with E-state index < -0.39 is 0 Å². The van der Waals surface area contributed by atoms with Crippen LogP contribution in [-0.4, -0.2) is 4.98 Å². The molecule has 3 aromatic rings. The van der Waals surface area contributed by atoms with Crippen LogP contribution in [0.3, 0.4) is 0 Å². The summed E-state index contributed by atoms with van der Waals surface area (Å²) >= 11 is 3.37. The van der Waals surface area contributed by atoms with Crippen LogP contribution in [-0.2, 0) is 5.75 Å². The minimum atomic E-state index is 0.828. The summed E-state index contributed by atoms with van der Waals surface area (Å²) < 4.78 is 5.35. The third-order valence-electron chi connectivity index (χ3n) is 2.91. The van der Waals surface area contributed by atoms with Crippen molar-refractivity contribution >= 4 is 28.8 Å². The Hall–Kier alpha value is -1.72. The second kappa shape index (κ2) is 5.73. The van der Waals surface area contributed by atoms with Crippen LogP contribution in [0.4, 0.5) is 5.69 Å². The molecule has 2 heterocycles. The second-order valence-electron chi connectivity index (χ2n) is 4.43. The van der Waals surface area contributed by atoms with Gasteiger partial charge in [0.2, 0.25) is 0 Å². The Kier molecular flexibility index (Phi) is 3.80. The molecule has 102 valence electrons. The molecule has 5 heteroatoms. The van der Waals surface area contributed by atoms with Crippen LogP contribution in [0.15, 0.2) is 51.3 Å². The molecule has 0 saturated heterocycles. The highest BCUT2D eigenvalue weighted by atomic mass is 32.2. The maximum absolute atomic E-state index is 5.82. The molecule has 0 aliphatic heterocycles. The highest BCUT2D eigenvalue weighted by Gasteiger charge is 2.07. The number of rotatable bonds is 4. The molecule has 0 aliphatic carbocycles. The number of thioether (sulfide) groups is 1. The predicted molar refractivity (Wildman–Crippen MR) is 85.0 cm³/mol. The van der Waals surface area contributed by atoms with Crippen LogP contribution < -0.4 is 5.73 Å². The summed E-state index contributed by atoms with van der Waals surface area (Å²) in [7, 11) is 0. The van der Waals surface area contributed by atoms with Crippen molar-refractivity contribution in [2.75, 3.05) is 5.73 Å². The third-order valence-corrected chi connectivity index (χ3v) is 4.84. The summed E-state index contributed by atoms with van der Waals surface area (Å²) in [6, 6.07) is 9.92. The van der Waals surface area contributed by atoms with Crippen LogP contribution in [0.5, 0.6) is 0 Å². The molecule has 0 bridgehead atoms. The van der Waals surface area contributed by atoms with Crippen LogP contribution in [0, 0.1) is 6.92 Å². The first-order chi connectivity index (χ1) is 9.72. The number of nitrogens with two attached hydrogens (primary N) is 1. The second-order valence-corrected chi connectivity index (χ2v) is 6.34. The van der Waals surface area contributed by atoms with Crippen LogP contribution in [0.2, 0.25) is 0 Å². The van der Waals surface area contributed by atoms with Crippen molar-refractivity contribution < 1.29 is 4.42 Å². The van der Waals surface area contributed by atoms with Gasteiger partial charge in [-0.05, 0) is 42.8 Å². The zero-order valence-electron chi connectivity index (χ0n) is 11.0. The Morgan fingerprint density at radius 1 is 1.35 bits per heavy atom. The van der Waals surface area contributed by atoms with E-state index in [2.05, 4.69) is 16.4 Å². The highest BCUT2D eigenvalue weighted by molar-refractivity contribution is 7.98. The van der Waals surface area contributed by atoms with E-state index in [0.29, 0.717) is 0 Å². The molecule has 0 amide bonds. The van der Waals surface area contributed by atoms with Gasteiger partial charge in [0, 0.05) is 21.7 Å². The van der Waals surface area contributed by atoms with Gasteiger partial charge < -0.3 is 10.2 Å². The maximum atomic E-state index is 5.82. The third kappa shape index (κ3) is 2.89. The number of aryl methyl sites for hydroxylation is 1. The van der Waals surface area contributed by atoms with E-state index in [1.807, 2.05) is 31.2 Å². The lowest BCUT2D eigenvalue weighted by molar-refractivity contribution is 0.581. The Morgan fingerprint density at radius 3 is 3.00 bits per heavy atom. The number of nitrogen functional groups attached to an aromatic ring is 1. The van der Waals surface area contributed by atoms with E-state index in [1.165, 1.54) is 4.90 Å². The lowest BCUT2D eigenvalue weighted by Gasteiger charge is -2.03. The largest absolute Gasteiger partial charge is 0.462 e. The minimum absolute atomic E-state index is 0.828. The SMILES string of the molecule is Cc1cc(SCc2csc(-c3ccco3)n2)ccc1N. The van der Waals surface area contributed by atoms with Gasteiger partial charge in [-0.25, -0.2) is 4.98 Å². The van der Waals surface area contributed by atoms with Crippen molar-refractivity contribution in [3.8, 4) is 10.8 Å². The average Bonchev–Trinajstić information content (AvgIpc) is 3.09. The Bertz CT molecular complexity index is 704. The maximum Gasteiger partial charge on any atom is 0.162 e. The summed E-state index contributed by atoms with van der Waals surface area (Å²) in [5.74, 6) is 1.68. The molecule has 1 aromatic carbocycles. The first-order valence-electron chi connectivity index (χ1n) is 6.19. The fraction of sp³-hybridized carbons (Fsp3) is 0.133. The van der Waals surface area contributed by atoms with E-state index in [1.54, 1.807) is 29.4 Å². The van der Waals surface area contributed by atoms with Gasteiger partial charge in [-0.2, -0.15) is 0 Å². The Morgan fingerprint density at radius 2 is 2.25 bits per heavy atom. The standard InChI is InChI=1S/C15H14N2OS2/c1-10-7-12(4-5-13(10)16)19-8-11-9-20-15(17-11)14-3-2-6-18-14/h2-7,9H,8,16H2,1H3. The van der Waals surface area contributed by atoms with Crippen molar-refractivity contribution in [2.24, 2.45) is 0 Å². The molecule has 3 nitrogen and oxygen atoms in total. The topological polar surface area (TPSA) is 52.0 Å². The molecule has 0 unspecified atom stereocenters. The summed E-state index contributed by atoms with van der Waals surface area (Å²) in [5, 5.41) is 3.01. The highest BCUT2D eigenvalue weighted by Crippen LogP contribution is 2.29. The number of nitrogens with zero attached hydrogens (tertiary/aromatic N) is 1. The average molecular weight is 302 g/mol. The number of hydrogen-bond donors (Lipinski definition) is 1. The monoisotopic (exact) mass is 302 g/mol. The first kappa shape index (κ1) is 13.3. The number of anilines is 1. The number of aromatic nitrogens is 1. The first-order valence-corrected chi connectivity index (χ1v) is 8.06. The summed E-state index contributed by atoms with van der Waals surface area (Å²) in [6.45, 7) is 2.03. The lowest BCUT2D eigenvalue weighted by Crippen LogP contribution is -1.89. The summed E-state index contributed by atoms with van der Waals surface area (Å²) in [6.07, 6.45) is 1.67. The van der Waals surface area contributed by atoms with Gasteiger partial charge in [0.15, 0.2) is 10.8 Å². The Labute approximate surface area is 125 Å². The zero-order valence-corrected chi connectivity index (χ0v) is 12.6. The van der Waals surface area contributed by atoms with E-state index in [9.17, 15) is 0 Å². The summed E-state index contributed by atoms with van der Waals surface area (Å²) in [5.41, 5.74) is 8.84. The molecular weight excluding hydrogens is 288 g/mol. The van der Waals surface area contributed by atoms with Crippen LogP contribution >= 0.6 is 23.1 Å². The number of hydrogen-bond acceptors (Lipinski definition) is 5. The van der Waals surface area contributed by atoms with Gasteiger partial charge in [0.25, 0.3) is 0 Å². The molecule has 3 rings (SSSR count). The van der Waals surface area contributed by atoms with Crippen molar-refractivity contribution in [2.45, 2.75) is 17.6 Å². The number of benzene rings is 1. The Balaban J connectivity index is 1.68. The molecular formula is C15H14N2OS2. The molecule has 2 aromatic heterocycles. The number of furan rings is 1. The van der Waals surface area contributed by atoms with Crippen molar-refractivity contribution in [3.63, 3.8) is 0 Å². The van der Waals surface area contributed by atoms with E-state index in [4.69, 9.17) is 10.2 Å². The lowest BCUT2D eigenvalue weighted by atomic mass is 10.2. The van der Waals surface area contributed by atoms with Gasteiger partial charge in [-0.15, -0.1) is 23.1 Å². The van der Waals surface area contributed by atoms with E-state index in [-0.39, 0.29) is 0 Å². The predicted octanol–water partition coefficient (Wildman–Crippen LogP) is 4.59. The molecule has 0 saturated carbocycles. The van der Waals surface area contributed by atoms with Crippen molar-refractivity contribution in [1.82, 2.24) is 4.98 Å². The molecule has 2 N–H and O–H groups in total.